The largest absolute Gasteiger partial charge is 0.424 e. The van der Waals surface area contributed by atoms with Crippen LogP contribution in [0.4, 0.5) is 5.69 Å². The summed E-state index contributed by atoms with van der Waals surface area (Å²) in [6, 6.07) is 5.07. The molecule has 22 heavy (non-hydrogen) atoms. The second-order valence-corrected chi connectivity index (χ2v) is 5.25. The highest BCUT2D eigenvalue weighted by molar-refractivity contribution is 6.32. The van der Waals surface area contributed by atoms with Crippen LogP contribution in [-0.2, 0) is 11.3 Å². The molecule has 2 aromatic rings. The zero-order valence-corrected chi connectivity index (χ0v) is 13.0. The summed E-state index contributed by atoms with van der Waals surface area (Å²) in [5.74, 6) is -0.351. The predicted octanol–water partition coefficient (Wildman–Crippen LogP) is 2.98. The van der Waals surface area contributed by atoms with E-state index < -0.39 is 10.9 Å². The van der Waals surface area contributed by atoms with Crippen molar-refractivity contribution in [1.29, 1.82) is 0 Å². The second-order valence-electron chi connectivity index (χ2n) is 4.84. The Balaban J connectivity index is 2.18. The van der Waals surface area contributed by atoms with Gasteiger partial charge in [0.1, 0.15) is 23.7 Å². The van der Waals surface area contributed by atoms with Crippen LogP contribution in [0.3, 0.4) is 0 Å². The summed E-state index contributed by atoms with van der Waals surface area (Å²) < 4.78 is 6.44. The number of nitro groups is 1. The van der Waals surface area contributed by atoms with Gasteiger partial charge in [0, 0.05) is 0 Å². The molecule has 7 nitrogen and oxygen atoms in total. The monoisotopic (exact) mass is 323 g/mol. The number of halogens is 1. The van der Waals surface area contributed by atoms with E-state index in [1.807, 2.05) is 6.92 Å². The van der Waals surface area contributed by atoms with Crippen LogP contribution >= 0.6 is 11.6 Å². The number of carbonyl (C=O) groups excluding carboxylic acids is 1. The summed E-state index contributed by atoms with van der Waals surface area (Å²) in [5.41, 5.74) is 1.36. The molecule has 0 aliphatic carbocycles. The first-order valence-corrected chi connectivity index (χ1v) is 6.82. The Morgan fingerprint density at radius 3 is 2.68 bits per heavy atom. The lowest BCUT2D eigenvalue weighted by atomic mass is 10.2. The normalized spacial score (nSPS) is 10.5. The second kappa shape index (κ2) is 6.15. The zero-order valence-electron chi connectivity index (χ0n) is 12.3. The smallest absolute Gasteiger partial charge is 0.333 e. The molecule has 1 aromatic carbocycles. The van der Waals surface area contributed by atoms with Gasteiger partial charge in [-0.1, -0.05) is 17.7 Å². The molecular weight excluding hydrogens is 310 g/mol. The van der Waals surface area contributed by atoms with Gasteiger partial charge < -0.3 is 4.74 Å². The van der Waals surface area contributed by atoms with Crippen LogP contribution < -0.4 is 4.74 Å². The van der Waals surface area contributed by atoms with Crippen molar-refractivity contribution in [3.8, 4) is 5.75 Å². The highest BCUT2D eigenvalue weighted by atomic mass is 35.5. The van der Waals surface area contributed by atoms with Crippen molar-refractivity contribution in [3.63, 3.8) is 0 Å². The molecule has 2 rings (SSSR count). The van der Waals surface area contributed by atoms with Gasteiger partial charge in [-0.15, -0.1) is 0 Å². The van der Waals surface area contributed by atoms with Crippen LogP contribution in [0.5, 0.6) is 5.75 Å². The highest BCUT2D eigenvalue weighted by Gasteiger charge is 2.23. The number of hydrogen-bond donors (Lipinski definition) is 0. The average Bonchev–Trinajstić information content (AvgIpc) is 2.68. The third kappa shape index (κ3) is 3.25. The molecule has 0 saturated carbocycles. The SMILES string of the molecule is Cc1ccc(Cl)c(OC(=O)Cn2nc(C)c([N+](=O)[O-])c2C)c1. The Hall–Kier alpha value is -2.41. The number of aromatic nitrogens is 2. The van der Waals surface area contributed by atoms with Crippen molar-refractivity contribution in [3.05, 3.63) is 50.3 Å². The van der Waals surface area contributed by atoms with Crippen LogP contribution in [0.25, 0.3) is 0 Å². The van der Waals surface area contributed by atoms with Gasteiger partial charge in [-0.05, 0) is 38.5 Å². The fourth-order valence-corrected chi connectivity index (χ4v) is 2.23. The number of rotatable bonds is 4. The van der Waals surface area contributed by atoms with Gasteiger partial charge >= 0.3 is 11.7 Å². The maximum absolute atomic E-state index is 12.0. The van der Waals surface area contributed by atoms with Crippen molar-refractivity contribution in [2.75, 3.05) is 0 Å². The van der Waals surface area contributed by atoms with Crippen molar-refractivity contribution in [2.24, 2.45) is 0 Å². The number of esters is 1. The topological polar surface area (TPSA) is 87.3 Å². The highest BCUT2D eigenvalue weighted by Crippen LogP contribution is 2.26. The lowest BCUT2D eigenvalue weighted by Gasteiger charge is -2.07. The molecule has 0 amide bonds. The molecule has 1 heterocycles. The summed E-state index contributed by atoms with van der Waals surface area (Å²) in [6.07, 6.45) is 0. The Morgan fingerprint density at radius 2 is 2.09 bits per heavy atom. The van der Waals surface area contributed by atoms with Gasteiger partial charge in [0.05, 0.1) is 9.95 Å². The van der Waals surface area contributed by atoms with Crippen LogP contribution in [-0.4, -0.2) is 20.7 Å². The van der Waals surface area contributed by atoms with Gasteiger partial charge in [-0.25, -0.2) is 4.79 Å². The fraction of sp³-hybridized carbons (Fsp3) is 0.286. The molecule has 116 valence electrons. The van der Waals surface area contributed by atoms with Gasteiger partial charge in [-0.2, -0.15) is 5.10 Å². The van der Waals surface area contributed by atoms with E-state index in [-0.39, 0.29) is 23.7 Å². The molecular formula is C14H14ClN3O4. The van der Waals surface area contributed by atoms with Gasteiger partial charge in [0.15, 0.2) is 0 Å². The quantitative estimate of drug-likeness (QED) is 0.373. The molecule has 0 bridgehead atoms. The number of benzene rings is 1. The molecule has 0 unspecified atom stereocenters. The summed E-state index contributed by atoms with van der Waals surface area (Å²) in [5, 5.41) is 15.2. The van der Waals surface area contributed by atoms with Crippen LogP contribution in [0.15, 0.2) is 18.2 Å². The zero-order chi connectivity index (χ0) is 16.4. The van der Waals surface area contributed by atoms with E-state index in [0.717, 1.165) is 5.56 Å². The Morgan fingerprint density at radius 1 is 1.41 bits per heavy atom. The Bertz CT molecular complexity index is 755. The third-order valence-corrected chi connectivity index (χ3v) is 3.43. The van der Waals surface area contributed by atoms with Crippen LogP contribution in [0.1, 0.15) is 17.0 Å². The number of ether oxygens (including phenoxy) is 1. The fourth-order valence-electron chi connectivity index (χ4n) is 2.07. The summed E-state index contributed by atoms with van der Waals surface area (Å²) in [4.78, 5) is 22.4. The molecule has 0 N–H and O–H groups in total. The van der Waals surface area contributed by atoms with Crippen molar-refractivity contribution < 1.29 is 14.5 Å². The van der Waals surface area contributed by atoms with Gasteiger partial charge in [0.2, 0.25) is 0 Å². The van der Waals surface area contributed by atoms with E-state index in [2.05, 4.69) is 5.10 Å². The molecule has 0 aliphatic rings. The standard InChI is InChI=1S/C14H14ClN3O4/c1-8-4-5-11(15)12(6-8)22-13(19)7-17-10(3)14(18(20)21)9(2)16-17/h4-6H,7H2,1-3H3. The Kier molecular flexibility index (Phi) is 4.46. The van der Waals surface area contributed by atoms with E-state index in [9.17, 15) is 14.9 Å². The first kappa shape index (κ1) is 16.0. The lowest BCUT2D eigenvalue weighted by Crippen LogP contribution is -2.18. The van der Waals surface area contributed by atoms with Crippen LogP contribution in [0.2, 0.25) is 5.02 Å². The number of hydrogen-bond acceptors (Lipinski definition) is 5. The molecule has 0 fully saturated rings. The maximum atomic E-state index is 12.0. The molecule has 8 heteroatoms. The molecule has 0 radical (unpaired) electrons. The minimum absolute atomic E-state index is 0.0959. The average molecular weight is 324 g/mol. The minimum Gasteiger partial charge on any atom is -0.424 e. The summed E-state index contributed by atoms with van der Waals surface area (Å²) in [6.45, 7) is 4.66. The lowest BCUT2D eigenvalue weighted by molar-refractivity contribution is -0.386. The predicted molar refractivity (Wildman–Crippen MR) is 80.2 cm³/mol. The molecule has 1 aromatic heterocycles. The maximum Gasteiger partial charge on any atom is 0.333 e. The first-order valence-electron chi connectivity index (χ1n) is 6.45. The van der Waals surface area contributed by atoms with Crippen molar-refractivity contribution in [1.82, 2.24) is 9.78 Å². The van der Waals surface area contributed by atoms with Crippen LogP contribution in [0, 0.1) is 30.9 Å². The molecule has 0 saturated heterocycles. The van der Waals surface area contributed by atoms with Gasteiger partial charge in [0.25, 0.3) is 0 Å². The number of nitrogens with zero attached hydrogens (tertiary/aromatic N) is 3. The Labute approximate surface area is 131 Å². The molecule has 0 aliphatic heterocycles. The van der Waals surface area contributed by atoms with E-state index in [1.165, 1.54) is 18.5 Å². The number of carbonyl (C=O) groups is 1. The van der Waals surface area contributed by atoms with E-state index in [0.29, 0.717) is 10.7 Å². The van der Waals surface area contributed by atoms with E-state index >= 15 is 0 Å². The molecule has 0 atom stereocenters. The summed E-state index contributed by atoms with van der Waals surface area (Å²) >= 11 is 5.96. The van der Waals surface area contributed by atoms with Gasteiger partial charge in [-0.3, -0.25) is 14.8 Å². The minimum atomic E-state index is -0.604. The third-order valence-electron chi connectivity index (χ3n) is 3.12. The van der Waals surface area contributed by atoms with E-state index in [1.54, 1.807) is 18.2 Å². The van der Waals surface area contributed by atoms with E-state index in [4.69, 9.17) is 16.3 Å². The van der Waals surface area contributed by atoms with Crippen molar-refractivity contribution >= 4 is 23.3 Å². The van der Waals surface area contributed by atoms with Crippen molar-refractivity contribution in [2.45, 2.75) is 27.3 Å². The first-order chi connectivity index (χ1) is 10.3. The number of aryl methyl sites for hydroxylation is 2. The summed E-state index contributed by atoms with van der Waals surface area (Å²) in [7, 11) is 0. The molecule has 0 spiro atoms.